The molecule has 0 bridgehead atoms. The molecule has 0 saturated heterocycles. The summed E-state index contributed by atoms with van der Waals surface area (Å²) < 4.78 is 5.33. The Kier molecular flexibility index (Phi) is 37.5. The van der Waals surface area contributed by atoms with E-state index >= 15 is 0 Å². The van der Waals surface area contributed by atoms with Crippen LogP contribution < -0.4 is 0 Å². The molecule has 0 saturated carbocycles. The van der Waals surface area contributed by atoms with Gasteiger partial charge in [0.15, 0.2) is 6.10 Å². The molecule has 0 fully saturated rings. The number of carbonyl (C=O) groups excluding carboxylic acids is 1. The van der Waals surface area contributed by atoms with Crippen LogP contribution >= 0.6 is 0 Å². The summed E-state index contributed by atoms with van der Waals surface area (Å²) in [5, 5.41) is 9.51. The lowest BCUT2D eigenvalue weighted by molar-refractivity contribution is -0.164. The van der Waals surface area contributed by atoms with Gasteiger partial charge in [-0.1, -0.05) is 226 Å². The molecule has 0 aromatic heterocycles. The van der Waals surface area contributed by atoms with Crippen LogP contribution in [0.5, 0.6) is 0 Å². The molecule has 4 heteroatoms. The highest BCUT2D eigenvalue weighted by atomic mass is 16.6. The second kappa shape index (κ2) is 38.4. The zero-order chi connectivity index (χ0) is 33.6. The number of ether oxygens (including phenoxy) is 1. The first-order valence-corrected chi connectivity index (χ1v) is 21.0. The number of unbranched alkanes of at least 4 members (excludes halogenated alkanes) is 33. The second-order valence-corrected chi connectivity index (χ2v) is 14.5. The summed E-state index contributed by atoms with van der Waals surface area (Å²) in [5.74, 6) is -1.34. The van der Waals surface area contributed by atoms with Crippen molar-refractivity contribution >= 4 is 11.9 Å². The summed E-state index contributed by atoms with van der Waals surface area (Å²) in [6, 6.07) is 0. The minimum absolute atomic E-state index is 0.338. The number of hydrogen-bond acceptors (Lipinski definition) is 3. The Balaban J connectivity index is 3.47. The number of carbonyl (C=O) groups is 2. The van der Waals surface area contributed by atoms with Crippen LogP contribution in [-0.4, -0.2) is 23.1 Å². The molecule has 46 heavy (non-hydrogen) atoms. The number of aliphatic carboxylic acids is 1. The topological polar surface area (TPSA) is 63.6 Å². The lowest BCUT2D eigenvalue weighted by Crippen LogP contribution is -2.27. The summed E-state index contributed by atoms with van der Waals surface area (Å²) in [4.78, 5) is 23.8. The smallest absolute Gasteiger partial charge is 0.345 e. The van der Waals surface area contributed by atoms with E-state index in [1.54, 1.807) is 0 Å². The third-order valence-electron chi connectivity index (χ3n) is 9.85. The van der Waals surface area contributed by atoms with E-state index in [1.807, 2.05) is 0 Å². The summed E-state index contributed by atoms with van der Waals surface area (Å²) in [6.45, 7) is 4.56. The molecule has 1 N–H and O–H groups in total. The van der Waals surface area contributed by atoms with Crippen LogP contribution in [0.25, 0.3) is 0 Å². The molecule has 0 radical (unpaired) electrons. The standard InChI is InChI=1S/C42H82O4/c1-3-5-7-9-11-13-15-17-19-20-21-22-23-25-26-28-30-32-34-36-38-40(42(44)45)46-41(43)39-37-35-33-31-29-27-24-18-16-14-12-10-8-6-4-2/h40H,3-39H2,1-2H3,(H,44,45). The predicted octanol–water partition coefficient (Wildman–Crippen LogP) is 14.5. The SMILES string of the molecule is CCCCCCCCCCCCCCCCCCCCCCC(OC(=O)CCCCCCCCCCCCCCCCC)C(=O)O. The second-order valence-electron chi connectivity index (χ2n) is 14.5. The molecule has 0 aromatic carbocycles. The van der Waals surface area contributed by atoms with Gasteiger partial charge in [-0.3, -0.25) is 4.79 Å². The maximum Gasteiger partial charge on any atom is 0.345 e. The van der Waals surface area contributed by atoms with Crippen LogP contribution in [0.15, 0.2) is 0 Å². The Bertz CT molecular complexity index is 619. The summed E-state index contributed by atoms with van der Waals surface area (Å²) in [6.07, 6.45) is 45.8. The van der Waals surface area contributed by atoms with Gasteiger partial charge in [0.1, 0.15) is 0 Å². The van der Waals surface area contributed by atoms with E-state index in [0.29, 0.717) is 12.8 Å². The zero-order valence-corrected chi connectivity index (χ0v) is 31.4. The van der Waals surface area contributed by atoms with E-state index < -0.39 is 12.1 Å². The van der Waals surface area contributed by atoms with Gasteiger partial charge >= 0.3 is 11.9 Å². The van der Waals surface area contributed by atoms with Gasteiger partial charge in [0.2, 0.25) is 0 Å². The molecule has 0 aromatic rings. The van der Waals surface area contributed by atoms with Crippen LogP contribution in [0, 0.1) is 0 Å². The van der Waals surface area contributed by atoms with Gasteiger partial charge in [0.25, 0.3) is 0 Å². The average molecular weight is 651 g/mol. The van der Waals surface area contributed by atoms with E-state index in [0.717, 1.165) is 38.5 Å². The van der Waals surface area contributed by atoms with Crippen molar-refractivity contribution in [3.05, 3.63) is 0 Å². The molecule has 1 unspecified atom stereocenters. The Hall–Kier alpha value is -1.06. The summed E-state index contributed by atoms with van der Waals surface area (Å²) in [7, 11) is 0. The highest BCUT2D eigenvalue weighted by Crippen LogP contribution is 2.17. The van der Waals surface area contributed by atoms with Gasteiger partial charge in [-0.05, 0) is 19.3 Å². The normalized spacial score (nSPS) is 12.0. The fourth-order valence-corrected chi connectivity index (χ4v) is 6.68. The Morgan fingerprint density at radius 2 is 0.630 bits per heavy atom. The van der Waals surface area contributed by atoms with Gasteiger partial charge in [-0.2, -0.15) is 0 Å². The zero-order valence-electron chi connectivity index (χ0n) is 31.4. The van der Waals surface area contributed by atoms with E-state index in [1.165, 1.54) is 186 Å². The van der Waals surface area contributed by atoms with Gasteiger partial charge < -0.3 is 9.84 Å². The van der Waals surface area contributed by atoms with Crippen molar-refractivity contribution in [2.75, 3.05) is 0 Å². The van der Waals surface area contributed by atoms with Gasteiger partial charge in [-0.15, -0.1) is 0 Å². The van der Waals surface area contributed by atoms with Crippen molar-refractivity contribution in [2.24, 2.45) is 0 Å². The first-order chi connectivity index (χ1) is 22.6. The molecule has 0 aliphatic rings. The van der Waals surface area contributed by atoms with Gasteiger partial charge in [0, 0.05) is 6.42 Å². The Morgan fingerprint density at radius 3 is 0.891 bits per heavy atom. The largest absolute Gasteiger partial charge is 0.479 e. The van der Waals surface area contributed by atoms with E-state index in [2.05, 4.69) is 13.8 Å². The molecule has 0 aliphatic heterocycles. The van der Waals surface area contributed by atoms with Crippen LogP contribution in [0.2, 0.25) is 0 Å². The fraction of sp³-hybridized carbons (Fsp3) is 0.952. The molecule has 4 nitrogen and oxygen atoms in total. The highest BCUT2D eigenvalue weighted by molar-refractivity contribution is 5.77. The minimum Gasteiger partial charge on any atom is -0.479 e. The third-order valence-corrected chi connectivity index (χ3v) is 9.85. The number of carboxylic acid groups (broad SMARTS) is 1. The number of esters is 1. The lowest BCUT2D eigenvalue weighted by atomic mass is 10.0. The molecular weight excluding hydrogens is 568 g/mol. The molecular formula is C42H82O4. The number of hydrogen-bond donors (Lipinski definition) is 1. The van der Waals surface area contributed by atoms with E-state index in [-0.39, 0.29) is 5.97 Å². The van der Waals surface area contributed by atoms with Crippen molar-refractivity contribution in [1.29, 1.82) is 0 Å². The molecule has 274 valence electrons. The first-order valence-electron chi connectivity index (χ1n) is 21.0. The first kappa shape index (κ1) is 44.9. The van der Waals surface area contributed by atoms with Gasteiger partial charge in [0.05, 0.1) is 0 Å². The van der Waals surface area contributed by atoms with E-state index in [9.17, 15) is 14.7 Å². The average Bonchev–Trinajstić information content (AvgIpc) is 3.05. The summed E-state index contributed by atoms with van der Waals surface area (Å²) in [5.41, 5.74) is 0. The molecule has 1 atom stereocenters. The van der Waals surface area contributed by atoms with Crippen molar-refractivity contribution in [3.63, 3.8) is 0 Å². The van der Waals surface area contributed by atoms with Crippen LogP contribution in [0.3, 0.4) is 0 Å². The van der Waals surface area contributed by atoms with Crippen molar-refractivity contribution in [2.45, 2.75) is 258 Å². The maximum atomic E-state index is 12.2. The summed E-state index contributed by atoms with van der Waals surface area (Å²) >= 11 is 0. The van der Waals surface area contributed by atoms with Crippen LogP contribution in [0.1, 0.15) is 251 Å². The van der Waals surface area contributed by atoms with Crippen molar-refractivity contribution in [1.82, 2.24) is 0 Å². The van der Waals surface area contributed by atoms with Gasteiger partial charge in [-0.25, -0.2) is 4.79 Å². The number of rotatable bonds is 39. The molecule has 0 heterocycles. The molecule has 0 aliphatic carbocycles. The Morgan fingerprint density at radius 1 is 0.391 bits per heavy atom. The fourth-order valence-electron chi connectivity index (χ4n) is 6.68. The highest BCUT2D eigenvalue weighted by Gasteiger charge is 2.21. The minimum atomic E-state index is -0.998. The molecule has 0 amide bonds. The maximum absolute atomic E-state index is 12.2. The van der Waals surface area contributed by atoms with Crippen LogP contribution in [-0.2, 0) is 14.3 Å². The number of carboxylic acids is 1. The Labute approximate surface area is 288 Å². The predicted molar refractivity (Wildman–Crippen MR) is 200 cm³/mol. The van der Waals surface area contributed by atoms with Crippen LogP contribution in [0.4, 0.5) is 0 Å². The van der Waals surface area contributed by atoms with E-state index in [4.69, 9.17) is 4.74 Å². The molecule has 0 spiro atoms. The lowest BCUT2D eigenvalue weighted by Gasteiger charge is -2.13. The monoisotopic (exact) mass is 651 g/mol. The quantitative estimate of drug-likeness (QED) is 0.0531. The molecule has 0 rings (SSSR count). The third kappa shape index (κ3) is 35.8. The van der Waals surface area contributed by atoms with Crippen molar-refractivity contribution < 1.29 is 19.4 Å². The van der Waals surface area contributed by atoms with Crippen molar-refractivity contribution in [3.8, 4) is 0 Å².